The molecule has 0 aromatic heterocycles. The first-order chi connectivity index (χ1) is 8.60. The highest BCUT2D eigenvalue weighted by Gasteiger charge is 2.47. The van der Waals surface area contributed by atoms with Crippen molar-refractivity contribution in [2.24, 2.45) is 11.7 Å². The summed E-state index contributed by atoms with van der Waals surface area (Å²) in [7, 11) is 0. The largest absolute Gasteiger partial charge is 0.326 e. The van der Waals surface area contributed by atoms with Crippen LogP contribution in [0.15, 0.2) is 0 Å². The normalized spacial score (nSPS) is 35.3. The predicted octanol–water partition coefficient (Wildman–Crippen LogP) is -0.148. The van der Waals surface area contributed by atoms with Crippen LogP contribution >= 0.6 is 0 Å². The average Bonchev–Trinajstić information content (AvgIpc) is 2.37. The molecule has 0 saturated carbocycles. The van der Waals surface area contributed by atoms with Crippen LogP contribution in [0, 0.1) is 5.92 Å². The lowest BCUT2D eigenvalue weighted by Crippen LogP contribution is -2.76. The van der Waals surface area contributed by atoms with E-state index in [1.54, 1.807) is 0 Å². The number of nitrogens with two attached hydrogens (primary N) is 1. The first-order valence-electron chi connectivity index (χ1n) is 7.71. The van der Waals surface area contributed by atoms with Crippen molar-refractivity contribution in [1.82, 2.24) is 5.32 Å². The van der Waals surface area contributed by atoms with Gasteiger partial charge in [-0.25, -0.2) is 0 Å². The topological polar surface area (TPSA) is 38.0 Å². The van der Waals surface area contributed by atoms with Crippen molar-refractivity contribution in [1.29, 1.82) is 0 Å². The number of nitrogens with zero attached hydrogens (tertiary/aromatic N) is 2. The lowest BCUT2D eigenvalue weighted by atomic mass is 10.1. The van der Waals surface area contributed by atoms with Gasteiger partial charge in [0.15, 0.2) is 0 Å². The van der Waals surface area contributed by atoms with Gasteiger partial charge in [0, 0.05) is 13.1 Å². The highest BCUT2D eigenvalue weighted by molar-refractivity contribution is 4.63. The van der Waals surface area contributed by atoms with Gasteiger partial charge in [0.25, 0.3) is 0 Å². The van der Waals surface area contributed by atoms with Crippen LogP contribution in [-0.2, 0) is 0 Å². The van der Waals surface area contributed by atoms with Crippen molar-refractivity contribution in [2.75, 3.05) is 72.0 Å². The van der Waals surface area contributed by atoms with Gasteiger partial charge in [0.1, 0.15) is 39.3 Å². The highest BCUT2D eigenvalue weighted by Crippen LogP contribution is 2.25. The van der Waals surface area contributed by atoms with Crippen molar-refractivity contribution in [3.8, 4) is 0 Å². The van der Waals surface area contributed by atoms with Crippen LogP contribution in [0.1, 0.15) is 13.8 Å². The van der Waals surface area contributed by atoms with E-state index in [1.807, 2.05) is 0 Å². The Balaban J connectivity index is 1.75. The maximum absolute atomic E-state index is 5.77. The molecule has 3 fully saturated rings. The minimum absolute atomic E-state index is 0.765. The summed E-state index contributed by atoms with van der Waals surface area (Å²) in [6, 6.07) is 0. The van der Waals surface area contributed by atoms with Crippen LogP contribution in [0.5, 0.6) is 0 Å². The van der Waals surface area contributed by atoms with E-state index in [0.717, 1.165) is 19.0 Å². The van der Waals surface area contributed by atoms with E-state index >= 15 is 0 Å². The number of hydrogen-bond donors (Lipinski definition) is 2. The first kappa shape index (κ1) is 14.3. The number of hydrogen-bond acceptors (Lipinski definition) is 2. The van der Waals surface area contributed by atoms with E-state index in [1.165, 1.54) is 67.9 Å². The van der Waals surface area contributed by atoms with Crippen LogP contribution in [0.2, 0.25) is 0 Å². The summed E-state index contributed by atoms with van der Waals surface area (Å²) < 4.78 is 2.69. The van der Waals surface area contributed by atoms with Crippen molar-refractivity contribution < 1.29 is 8.97 Å². The zero-order valence-electron chi connectivity index (χ0n) is 12.3. The van der Waals surface area contributed by atoms with E-state index < -0.39 is 0 Å². The summed E-state index contributed by atoms with van der Waals surface area (Å²) in [6.07, 6.45) is 0. The molecule has 0 unspecified atom stereocenters. The molecule has 3 saturated heterocycles. The molecule has 0 aliphatic carbocycles. The van der Waals surface area contributed by atoms with Gasteiger partial charge < -0.3 is 20.0 Å². The van der Waals surface area contributed by atoms with Crippen molar-refractivity contribution in [2.45, 2.75) is 13.8 Å². The van der Waals surface area contributed by atoms with E-state index in [2.05, 4.69) is 19.2 Å². The standard InChI is InChI=1S/C14H32N4/c1-14(2)13-16-4-6-18-10-7-17(5-3-15,8-11-18)9-12-18/h14,16H,3-13,15H2,1-2H3/q+2. The van der Waals surface area contributed by atoms with Crippen LogP contribution in [-0.4, -0.2) is 81.0 Å². The molecular weight excluding hydrogens is 224 g/mol. The molecule has 3 N–H and O–H groups in total. The summed E-state index contributed by atoms with van der Waals surface area (Å²) in [5.74, 6) is 0.765. The Hall–Kier alpha value is -0.160. The zero-order chi connectivity index (χ0) is 13.1. The first-order valence-corrected chi connectivity index (χ1v) is 7.71. The molecule has 0 radical (unpaired) electrons. The second-order valence-electron chi connectivity index (χ2n) is 6.86. The molecule has 106 valence electrons. The summed E-state index contributed by atoms with van der Waals surface area (Å²) in [4.78, 5) is 0. The van der Waals surface area contributed by atoms with Gasteiger partial charge in [-0.1, -0.05) is 13.8 Å². The van der Waals surface area contributed by atoms with Gasteiger partial charge in [-0.3, -0.25) is 0 Å². The van der Waals surface area contributed by atoms with Crippen LogP contribution in [0.3, 0.4) is 0 Å². The minimum Gasteiger partial charge on any atom is -0.326 e. The molecule has 3 heterocycles. The number of rotatable bonds is 7. The Bertz CT molecular complexity index is 240. The predicted molar refractivity (Wildman–Crippen MR) is 76.2 cm³/mol. The van der Waals surface area contributed by atoms with E-state index in [-0.39, 0.29) is 0 Å². The van der Waals surface area contributed by atoms with Gasteiger partial charge in [-0.05, 0) is 12.5 Å². The Morgan fingerprint density at radius 3 is 1.89 bits per heavy atom. The Labute approximate surface area is 112 Å². The Kier molecular flexibility index (Phi) is 4.64. The van der Waals surface area contributed by atoms with Crippen LogP contribution < -0.4 is 11.1 Å². The summed E-state index contributed by atoms with van der Waals surface area (Å²) in [6.45, 7) is 18.5. The average molecular weight is 256 g/mol. The third kappa shape index (κ3) is 3.23. The molecule has 0 amide bonds. The third-order valence-corrected chi connectivity index (χ3v) is 5.06. The molecule has 0 spiro atoms. The summed E-state index contributed by atoms with van der Waals surface area (Å²) in [5, 5.41) is 3.60. The quantitative estimate of drug-likeness (QED) is 0.491. The molecule has 2 bridgehead atoms. The number of quaternary nitrogens is 2. The Morgan fingerprint density at radius 1 is 0.944 bits per heavy atom. The maximum Gasteiger partial charge on any atom is 0.129 e. The van der Waals surface area contributed by atoms with Gasteiger partial charge in [-0.2, -0.15) is 0 Å². The van der Waals surface area contributed by atoms with E-state index in [4.69, 9.17) is 5.73 Å². The molecule has 4 nitrogen and oxygen atoms in total. The zero-order valence-corrected chi connectivity index (χ0v) is 12.3. The van der Waals surface area contributed by atoms with Gasteiger partial charge in [-0.15, -0.1) is 0 Å². The van der Waals surface area contributed by atoms with Gasteiger partial charge >= 0.3 is 0 Å². The molecule has 0 aromatic rings. The molecule has 4 heteroatoms. The van der Waals surface area contributed by atoms with E-state index in [0.29, 0.717) is 0 Å². The van der Waals surface area contributed by atoms with Crippen molar-refractivity contribution in [3.05, 3.63) is 0 Å². The fraction of sp³-hybridized carbons (Fsp3) is 1.00. The van der Waals surface area contributed by atoms with Crippen LogP contribution in [0.4, 0.5) is 0 Å². The van der Waals surface area contributed by atoms with Crippen molar-refractivity contribution >= 4 is 0 Å². The second kappa shape index (κ2) is 5.87. The highest BCUT2D eigenvalue weighted by atomic mass is 15.5. The molecular formula is C14H32N4+2. The third-order valence-electron chi connectivity index (χ3n) is 5.06. The molecule has 0 atom stereocenters. The number of fused-ring (bicyclic) bond motifs is 3. The molecule has 0 aromatic carbocycles. The minimum atomic E-state index is 0.765. The number of nitrogens with one attached hydrogen (secondary N) is 1. The monoisotopic (exact) mass is 256 g/mol. The molecule has 18 heavy (non-hydrogen) atoms. The molecule has 3 rings (SSSR count). The smallest absolute Gasteiger partial charge is 0.129 e. The lowest BCUT2D eigenvalue weighted by molar-refractivity contribution is -1.08. The van der Waals surface area contributed by atoms with E-state index in [9.17, 15) is 0 Å². The molecule has 3 aliphatic rings. The summed E-state index contributed by atoms with van der Waals surface area (Å²) in [5.41, 5.74) is 5.77. The molecule has 3 aliphatic heterocycles. The fourth-order valence-corrected chi connectivity index (χ4v) is 3.60. The summed E-state index contributed by atoms with van der Waals surface area (Å²) >= 11 is 0. The van der Waals surface area contributed by atoms with Gasteiger partial charge in [0.2, 0.25) is 0 Å². The number of piperazine rings is 3. The fourth-order valence-electron chi connectivity index (χ4n) is 3.60. The van der Waals surface area contributed by atoms with Crippen LogP contribution in [0.25, 0.3) is 0 Å². The van der Waals surface area contributed by atoms with Gasteiger partial charge in [0.05, 0.1) is 13.1 Å². The Morgan fingerprint density at radius 2 is 1.44 bits per heavy atom. The SMILES string of the molecule is CC(C)CNCC[N+]12CC[N+](CCN)(CC1)CC2. The lowest BCUT2D eigenvalue weighted by Gasteiger charge is -2.55. The van der Waals surface area contributed by atoms with Crippen molar-refractivity contribution in [3.63, 3.8) is 0 Å². The maximum atomic E-state index is 5.77. The second-order valence-corrected chi connectivity index (χ2v) is 6.86.